The third-order valence-electron chi connectivity index (χ3n) is 4.55. The summed E-state index contributed by atoms with van der Waals surface area (Å²) in [6.45, 7) is 5.68. The lowest BCUT2D eigenvalue weighted by Crippen LogP contribution is -2.18. The first-order valence-corrected chi connectivity index (χ1v) is 9.18. The van der Waals surface area contributed by atoms with Gasteiger partial charge in [-0.1, -0.05) is 35.9 Å². The van der Waals surface area contributed by atoms with Crippen LogP contribution >= 0.6 is 11.6 Å². The zero-order valence-corrected chi connectivity index (χ0v) is 16.4. The van der Waals surface area contributed by atoms with Gasteiger partial charge < -0.3 is 5.32 Å². The monoisotopic (exact) mass is 391 g/mol. The number of aromatic nitrogens is 4. The molecule has 0 fully saturated rings. The van der Waals surface area contributed by atoms with Crippen molar-refractivity contribution in [2.24, 2.45) is 0 Å². The standard InChI is InChI=1S/C21H18ClN5O/c1-12-6-4-9-17(10-12)23-21(28)19-14(3)27-20(25-24-19)18(13(2)26-27)15-7-5-8-16(22)11-15/h4-11H,1-3H3,(H,23,28). The van der Waals surface area contributed by atoms with Crippen LogP contribution in [0.4, 0.5) is 5.69 Å². The number of fused-ring (bicyclic) bond motifs is 1. The van der Waals surface area contributed by atoms with Crippen molar-refractivity contribution in [2.75, 3.05) is 5.32 Å². The predicted molar refractivity (Wildman–Crippen MR) is 110 cm³/mol. The van der Waals surface area contributed by atoms with Crippen molar-refractivity contribution in [1.82, 2.24) is 19.8 Å². The van der Waals surface area contributed by atoms with Crippen LogP contribution in [-0.2, 0) is 0 Å². The largest absolute Gasteiger partial charge is 0.321 e. The summed E-state index contributed by atoms with van der Waals surface area (Å²) >= 11 is 6.14. The third-order valence-corrected chi connectivity index (χ3v) is 4.78. The van der Waals surface area contributed by atoms with Gasteiger partial charge in [-0.25, -0.2) is 4.52 Å². The van der Waals surface area contributed by atoms with Gasteiger partial charge in [-0.2, -0.15) is 5.10 Å². The molecule has 0 unspecified atom stereocenters. The van der Waals surface area contributed by atoms with E-state index in [1.165, 1.54) is 0 Å². The van der Waals surface area contributed by atoms with Crippen molar-refractivity contribution in [1.29, 1.82) is 0 Å². The molecule has 7 heteroatoms. The van der Waals surface area contributed by atoms with E-state index in [4.69, 9.17) is 11.6 Å². The average Bonchev–Trinajstić information content (AvgIpc) is 2.99. The highest BCUT2D eigenvalue weighted by molar-refractivity contribution is 6.30. The number of halogens is 1. The maximum Gasteiger partial charge on any atom is 0.278 e. The second kappa shape index (κ2) is 7.05. The van der Waals surface area contributed by atoms with Crippen molar-refractivity contribution in [3.8, 4) is 11.1 Å². The zero-order chi connectivity index (χ0) is 19.8. The van der Waals surface area contributed by atoms with Gasteiger partial charge >= 0.3 is 0 Å². The number of aryl methyl sites for hydroxylation is 3. The van der Waals surface area contributed by atoms with Gasteiger partial charge in [-0.05, 0) is 56.2 Å². The quantitative estimate of drug-likeness (QED) is 0.553. The van der Waals surface area contributed by atoms with E-state index in [9.17, 15) is 4.79 Å². The Morgan fingerprint density at radius 1 is 1.04 bits per heavy atom. The summed E-state index contributed by atoms with van der Waals surface area (Å²) in [5.41, 5.74) is 5.75. The smallest absolute Gasteiger partial charge is 0.278 e. The van der Waals surface area contributed by atoms with Crippen LogP contribution in [0.2, 0.25) is 5.02 Å². The van der Waals surface area contributed by atoms with Gasteiger partial charge in [-0.15, -0.1) is 10.2 Å². The van der Waals surface area contributed by atoms with Crippen molar-refractivity contribution in [2.45, 2.75) is 20.8 Å². The number of amides is 1. The number of hydrogen-bond donors (Lipinski definition) is 1. The van der Waals surface area contributed by atoms with Crippen molar-refractivity contribution >= 4 is 28.8 Å². The van der Waals surface area contributed by atoms with E-state index in [0.29, 0.717) is 22.1 Å². The number of rotatable bonds is 3. The highest BCUT2D eigenvalue weighted by Gasteiger charge is 2.20. The fourth-order valence-corrected chi connectivity index (χ4v) is 3.41. The molecular weight excluding hydrogens is 374 g/mol. The third kappa shape index (κ3) is 3.23. The Labute approximate surface area is 167 Å². The predicted octanol–water partition coefficient (Wildman–Crippen LogP) is 4.62. The molecule has 4 rings (SSSR count). The highest BCUT2D eigenvalue weighted by Crippen LogP contribution is 2.29. The highest BCUT2D eigenvalue weighted by atomic mass is 35.5. The van der Waals surface area contributed by atoms with Crippen LogP contribution in [0.3, 0.4) is 0 Å². The Kier molecular flexibility index (Phi) is 4.57. The zero-order valence-electron chi connectivity index (χ0n) is 15.7. The van der Waals surface area contributed by atoms with E-state index in [2.05, 4.69) is 20.6 Å². The Bertz CT molecular complexity index is 1210. The molecule has 0 aliphatic carbocycles. The van der Waals surface area contributed by atoms with Crippen LogP contribution in [0.5, 0.6) is 0 Å². The molecule has 0 bridgehead atoms. The van der Waals surface area contributed by atoms with Crippen molar-refractivity contribution < 1.29 is 4.79 Å². The molecule has 0 saturated heterocycles. The van der Waals surface area contributed by atoms with Gasteiger partial charge in [0.2, 0.25) is 0 Å². The number of hydrogen-bond acceptors (Lipinski definition) is 4. The lowest BCUT2D eigenvalue weighted by atomic mass is 10.1. The Balaban J connectivity index is 1.77. The minimum Gasteiger partial charge on any atom is -0.321 e. The minimum absolute atomic E-state index is 0.231. The van der Waals surface area contributed by atoms with Gasteiger partial charge in [0, 0.05) is 10.7 Å². The minimum atomic E-state index is -0.324. The van der Waals surface area contributed by atoms with Crippen LogP contribution in [0.15, 0.2) is 48.5 Å². The van der Waals surface area contributed by atoms with Crippen LogP contribution in [0.25, 0.3) is 16.8 Å². The van der Waals surface area contributed by atoms with E-state index in [1.54, 1.807) is 11.4 Å². The average molecular weight is 392 g/mol. The van der Waals surface area contributed by atoms with E-state index in [1.807, 2.05) is 62.4 Å². The number of benzene rings is 2. The Hall–Kier alpha value is -3.25. The summed E-state index contributed by atoms with van der Waals surface area (Å²) in [6.07, 6.45) is 0. The van der Waals surface area contributed by atoms with E-state index >= 15 is 0 Å². The molecule has 0 aliphatic heterocycles. The molecule has 0 saturated carbocycles. The van der Waals surface area contributed by atoms with Gasteiger partial charge in [0.05, 0.1) is 17.0 Å². The van der Waals surface area contributed by atoms with Crippen molar-refractivity contribution in [3.63, 3.8) is 0 Å². The molecule has 0 aliphatic rings. The molecular formula is C21H18ClN5O. The normalized spacial score (nSPS) is 11.0. The lowest BCUT2D eigenvalue weighted by Gasteiger charge is -2.08. The van der Waals surface area contributed by atoms with Gasteiger partial charge in [0.25, 0.3) is 5.91 Å². The second-order valence-electron chi connectivity index (χ2n) is 6.66. The van der Waals surface area contributed by atoms with Crippen LogP contribution in [0.1, 0.15) is 27.4 Å². The van der Waals surface area contributed by atoms with Gasteiger partial charge in [-0.3, -0.25) is 4.79 Å². The number of carbonyl (C=O) groups excluding carboxylic acids is 1. The summed E-state index contributed by atoms with van der Waals surface area (Å²) in [4.78, 5) is 12.7. The molecule has 0 atom stereocenters. The SMILES string of the molecule is Cc1cccc(NC(=O)c2nnc3c(-c4cccc(Cl)c4)c(C)nn3c2C)c1. The molecule has 140 valence electrons. The van der Waals surface area contributed by atoms with E-state index in [0.717, 1.165) is 22.4 Å². The fourth-order valence-electron chi connectivity index (χ4n) is 3.22. The molecule has 1 amide bonds. The number of nitrogens with zero attached hydrogens (tertiary/aromatic N) is 4. The fraction of sp³-hybridized carbons (Fsp3) is 0.143. The summed E-state index contributed by atoms with van der Waals surface area (Å²) < 4.78 is 1.66. The summed E-state index contributed by atoms with van der Waals surface area (Å²) in [7, 11) is 0. The number of nitrogens with one attached hydrogen (secondary N) is 1. The van der Waals surface area contributed by atoms with Crippen LogP contribution in [-0.4, -0.2) is 25.7 Å². The molecule has 28 heavy (non-hydrogen) atoms. The molecule has 4 aromatic rings. The summed E-state index contributed by atoms with van der Waals surface area (Å²) in [5.74, 6) is -0.324. The van der Waals surface area contributed by atoms with Crippen molar-refractivity contribution in [3.05, 3.63) is 76.2 Å². The Morgan fingerprint density at radius 3 is 2.57 bits per heavy atom. The van der Waals surface area contributed by atoms with E-state index in [-0.39, 0.29) is 11.6 Å². The van der Waals surface area contributed by atoms with Crippen LogP contribution < -0.4 is 5.32 Å². The first-order valence-electron chi connectivity index (χ1n) is 8.80. The summed E-state index contributed by atoms with van der Waals surface area (Å²) in [5, 5.41) is 16.6. The second-order valence-corrected chi connectivity index (χ2v) is 7.10. The van der Waals surface area contributed by atoms with Crippen LogP contribution in [0, 0.1) is 20.8 Å². The molecule has 0 radical (unpaired) electrons. The molecule has 6 nitrogen and oxygen atoms in total. The molecule has 2 aromatic carbocycles. The van der Waals surface area contributed by atoms with Gasteiger partial charge in [0.15, 0.2) is 11.3 Å². The first kappa shape index (κ1) is 18.1. The molecule has 1 N–H and O–H groups in total. The molecule has 2 heterocycles. The Morgan fingerprint density at radius 2 is 1.82 bits per heavy atom. The summed E-state index contributed by atoms with van der Waals surface area (Å²) in [6, 6.07) is 15.1. The maximum absolute atomic E-state index is 12.7. The van der Waals surface area contributed by atoms with Gasteiger partial charge in [0.1, 0.15) is 0 Å². The maximum atomic E-state index is 12.7. The van der Waals surface area contributed by atoms with E-state index < -0.39 is 0 Å². The lowest BCUT2D eigenvalue weighted by molar-refractivity contribution is 0.102. The first-order chi connectivity index (χ1) is 13.4. The number of anilines is 1. The molecule has 0 spiro atoms. The molecule has 2 aromatic heterocycles. The number of carbonyl (C=O) groups is 1. The topological polar surface area (TPSA) is 72.2 Å².